The Morgan fingerprint density at radius 1 is 1.03 bits per heavy atom. The number of carbonyl (C=O) groups is 1. The van der Waals surface area contributed by atoms with Crippen LogP contribution in [0.1, 0.15) is 16.1 Å². The van der Waals surface area contributed by atoms with Gasteiger partial charge in [-0.2, -0.15) is 5.10 Å². The molecule has 0 aliphatic heterocycles. The van der Waals surface area contributed by atoms with Crippen LogP contribution in [0.3, 0.4) is 0 Å². The second-order valence-electron chi connectivity index (χ2n) is 6.14. The van der Waals surface area contributed by atoms with Gasteiger partial charge >= 0.3 is 0 Å². The molecule has 0 aliphatic rings. The summed E-state index contributed by atoms with van der Waals surface area (Å²) in [6.07, 6.45) is 2.15. The molecule has 0 atom stereocenters. The standard InChI is InChI=1S/C21H22FN3O4/c1-27-16-12-19(28-2)17(20(13-16)29-3)8-10-23-21(26)18-9-11-25(24-18)15-6-4-14(22)5-7-15/h4-7,9,11-13H,8,10H2,1-3H3,(H,23,26). The summed E-state index contributed by atoms with van der Waals surface area (Å²) in [7, 11) is 4.70. The number of hydrogen-bond acceptors (Lipinski definition) is 5. The van der Waals surface area contributed by atoms with E-state index in [-0.39, 0.29) is 17.4 Å². The van der Waals surface area contributed by atoms with E-state index in [0.29, 0.717) is 35.9 Å². The molecule has 0 aliphatic carbocycles. The number of carbonyl (C=O) groups excluding carboxylic acids is 1. The Morgan fingerprint density at radius 2 is 1.69 bits per heavy atom. The summed E-state index contributed by atoms with van der Waals surface area (Å²) in [5.74, 6) is 1.23. The maximum atomic E-state index is 13.0. The van der Waals surface area contributed by atoms with Gasteiger partial charge in [0.2, 0.25) is 0 Å². The minimum absolute atomic E-state index is 0.267. The van der Waals surface area contributed by atoms with E-state index in [1.165, 1.54) is 16.8 Å². The highest BCUT2D eigenvalue weighted by molar-refractivity contribution is 5.92. The van der Waals surface area contributed by atoms with E-state index in [1.54, 1.807) is 57.9 Å². The molecule has 2 aromatic carbocycles. The van der Waals surface area contributed by atoms with Crippen molar-refractivity contribution in [2.24, 2.45) is 0 Å². The highest BCUT2D eigenvalue weighted by Crippen LogP contribution is 2.34. The summed E-state index contributed by atoms with van der Waals surface area (Å²) in [4.78, 5) is 12.4. The predicted octanol–water partition coefficient (Wildman–Crippen LogP) is 3.01. The number of halogens is 1. The molecule has 1 amide bonds. The third kappa shape index (κ3) is 4.66. The van der Waals surface area contributed by atoms with Crippen molar-refractivity contribution in [3.05, 3.63) is 65.7 Å². The van der Waals surface area contributed by atoms with E-state index < -0.39 is 0 Å². The van der Waals surface area contributed by atoms with Gasteiger partial charge in [0.25, 0.3) is 5.91 Å². The summed E-state index contributed by atoms with van der Waals surface area (Å²) >= 11 is 0. The van der Waals surface area contributed by atoms with Crippen molar-refractivity contribution in [3.63, 3.8) is 0 Å². The van der Waals surface area contributed by atoms with E-state index >= 15 is 0 Å². The molecular formula is C21H22FN3O4. The monoisotopic (exact) mass is 399 g/mol. The van der Waals surface area contributed by atoms with Gasteiger partial charge in [0.05, 0.1) is 27.0 Å². The van der Waals surface area contributed by atoms with Crippen molar-refractivity contribution < 1.29 is 23.4 Å². The molecule has 1 N–H and O–H groups in total. The molecule has 7 nitrogen and oxygen atoms in total. The van der Waals surface area contributed by atoms with Crippen molar-refractivity contribution in [1.82, 2.24) is 15.1 Å². The minimum atomic E-state index is -0.330. The number of amides is 1. The fourth-order valence-electron chi connectivity index (χ4n) is 2.90. The molecule has 3 aromatic rings. The molecule has 0 spiro atoms. The molecular weight excluding hydrogens is 377 g/mol. The molecule has 29 heavy (non-hydrogen) atoms. The van der Waals surface area contributed by atoms with Crippen LogP contribution >= 0.6 is 0 Å². The first-order valence-corrected chi connectivity index (χ1v) is 8.94. The SMILES string of the molecule is COc1cc(OC)c(CCNC(=O)c2ccn(-c3ccc(F)cc3)n2)c(OC)c1. The van der Waals surface area contributed by atoms with Gasteiger partial charge in [0.1, 0.15) is 23.1 Å². The van der Waals surface area contributed by atoms with E-state index in [1.807, 2.05) is 0 Å². The Morgan fingerprint density at radius 3 is 2.28 bits per heavy atom. The normalized spacial score (nSPS) is 10.5. The van der Waals surface area contributed by atoms with Gasteiger partial charge < -0.3 is 19.5 Å². The van der Waals surface area contributed by atoms with Crippen molar-refractivity contribution in [2.45, 2.75) is 6.42 Å². The van der Waals surface area contributed by atoms with Crippen molar-refractivity contribution in [3.8, 4) is 22.9 Å². The summed E-state index contributed by atoms with van der Waals surface area (Å²) < 4.78 is 30.6. The van der Waals surface area contributed by atoms with Crippen LogP contribution in [0, 0.1) is 5.82 Å². The van der Waals surface area contributed by atoms with Crippen LogP contribution in [0.2, 0.25) is 0 Å². The number of benzene rings is 2. The van der Waals surface area contributed by atoms with Crippen LogP contribution < -0.4 is 19.5 Å². The molecule has 8 heteroatoms. The number of rotatable bonds is 8. The van der Waals surface area contributed by atoms with Crippen molar-refractivity contribution in [2.75, 3.05) is 27.9 Å². The van der Waals surface area contributed by atoms with Crippen LogP contribution in [0.25, 0.3) is 5.69 Å². The van der Waals surface area contributed by atoms with Gasteiger partial charge in [-0.3, -0.25) is 4.79 Å². The first-order chi connectivity index (χ1) is 14.0. The van der Waals surface area contributed by atoms with E-state index in [2.05, 4.69) is 10.4 Å². The number of aromatic nitrogens is 2. The zero-order chi connectivity index (χ0) is 20.8. The van der Waals surface area contributed by atoms with Crippen LogP contribution in [0.5, 0.6) is 17.2 Å². The Labute approximate surface area is 168 Å². The second kappa shape index (κ2) is 9.09. The molecule has 1 aromatic heterocycles. The van der Waals surface area contributed by atoms with E-state index in [4.69, 9.17) is 14.2 Å². The zero-order valence-electron chi connectivity index (χ0n) is 16.4. The largest absolute Gasteiger partial charge is 0.496 e. The molecule has 152 valence electrons. The van der Waals surface area contributed by atoms with Gasteiger partial charge in [-0.15, -0.1) is 0 Å². The molecule has 0 unspecified atom stereocenters. The fourth-order valence-corrected chi connectivity index (χ4v) is 2.90. The van der Waals surface area contributed by atoms with Gasteiger partial charge in [0, 0.05) is 30.4 Å². The number of hydrogen-bond donors (Lipinski definition) is 1. The first kappa shape index (κ1) is 20.2. The molecule has 0 bridgehead atoms. The minimum Gasteiger partial charge on any atom is -0.496 e. The number of ether oxygens (including phenoxy) is 3. The fraction of sp³-hybridized carbons (Fsp3) is 0.238. The summed E-state index contributed by atoms with van der Waals surface area (Å²) in [6, 6.07) is 11.0. The van der Waals surface area contributed by atoms with Crippen LogP contribution in [-0.4, -0.2) is 43.6 Å². The molecule has 0 saturated carbocycles. The van der Waals surface area contributed by atoms with E-state index in [9.17, 15) is 9.18 Å². The second-order valence-corrected chi connectivity index (χ2v) is 6.14. The Bertz CT molecular complexity index is 961. The van der Waals surface area contributed by atoms with Gasteiger partial charge in [-0.25, -0.2) is 9.07 Å². The summed E-state index contributed by atoms with van der Waals surface area (Å²) in [6.45, 7) is 0.362. The summed E-state index contributed by atoms with van der Waals surface area (Å²) in [5.41, 5.74) is 1.76. The number of nitrogens with zero attached hydrogens (tertiary/aromatic N) is 2. The topological polar surface area (TPSA) is 74.6 Å². The van der Waals surface area contributed by atoms with Crippen LogP contribution in [-0.2, 0) is 6.42 Å². The number of methoxy groups -OCH3 is 3. The molecule has 0 saturated heterocycles. The molecule has 0 radical (unpaired) electrons. The van der Waals surface area contributed by atoms with Gasteiger partial charge in [-0.1, -0.05) is 0 Å². The Kier molecular flexibility index (Phi) is 6.33. The third-order valence-corrected chi connectivity index (χ3v) is 4.39. The lowest BCUT2D eigenvalue weighted by Crippen LogP contribution is -2.26. The molecule has 1 heterocycles. The lowest BCUT2D eigenvalue weighted by Gasteiger charge is -2.15. The Hall–Kier alpha value is -3.55. The summed E-state index contributed by atoms with van der Waals surface area (Å²) in [5, 5.41) is 7.08. The van der Waals surface area contributed by atoms with Gasteiger partial charge in [-0.05, 0) is 36.8 Å². The maximum Gasteiger partial charge on any atom is 0.271 e. The highest BCUT2D eigenvalue weighted by Gasteiger charge is 2.15. The van der Waals surface area contributed by atoms with Crippen LogP contribution in [0.15, 0.2) is 48.7 Å². The highest BCUT2D eigenvalue weighted by atomic mass is 19.1. The lowest BCUT2D eigenvalue weighted by atomic mass is 10.1. The average Bonchev–Trinajstić information content (AvgIpc) is 3.24. The van der Waals surface area contributed by atoms with E-state index in [0.717, 1.165) is 5.56 Å². The smallest absolute Gasteiger partial charge is 0.271 e. The lowest BCUT2D eigenvalue weighted by molar-refractivity contribution is 0.0948. The Balaban J connectivity index is 1.65. The zero-order valence-corrected chi connectivity index (χ0v) is 16.4. The predicted molar refractivity (Wildman–Crippen MR) is 106 cm³/mol. The molecule has 0 fully saturated rings. The third-order valence-electron chi connectivity index (χ3n) is 4.39. The number of nitrogens with one attached hydrogen (secondary N) is 1. The molecule has 3 rings (SSSR count). The average molecular weight is 399 g/mol. The van der Waals surface area contributed by atoms with Crippen molar-refractivity contribution >= 4 is 5.91 Å². The first-order valence-electron chi connectivity index (χ1n) is 8.94. The van der Waals surface area contributed by atoms with Crippen molar-refractivity contribution in [1.29, 1.82) is 0 Å². The maximum absolute atomic E-state index is 13.0. The van der Waals surface area contributed by atoms with Gasteiger partial charge in [0.15, 0.2) is 5.69 Å². The quantitative estimate of drug-likeness (QED) is 0.630. The van der Waals surface area contributed by atoms with Crippen LogP contribution in [0.4, 0.5) is 4.39 Å².